The van der Waals surface area contributed by atoms with Gasteiger partial charge in [-0.25, -0.2) is 4.39 Å². The standard InChI is InChI=1S/C33H39Cl2F4N2O.ClH/c34-27-8-7-25(21-28(27)35)32(10-15-40(22-32)30(42)23-6-9-29(36)26(20-23)33(37,38)39)14-19-41-16-11-31(12-17-41,13-18-41)24-4-2-1-3-5-24;/h6-9,20-21,24H,1-5,10-19,22H2;1H/q+1;/p-1. The molecule has 0 radical (unpaired) electrons. The van der Waals surface area contributed by atoms with Crippen molar-refractivity contribution in [1.29, 1.82) is 0 Å². The first-order valence-electron chi connectivity index (χ1n) is 15.4. The van der Waals surface area contributed by atoms with E-state index in [-0.39, 0.29) is 23.4 Å². The zero-order valence-electron chi connectivity index (χ0n) is 24.3. The lowest BCUT2D eigenvalue weighted by molar-refractivity contribution is -0.946. The lowest BCUT2D eigenvalue weighted by atomic mass is 9.59. The molecule has 0 aromatic heterocycles. The van der Waals surface area contributed by atoms with E-state index in [1.54, 1.807) is 11.0 Å². The first kappa shape index (κ1) is 32.8. The van der Waals surface area contributed by atoms with Crippen molar-refractivity contribution < 1.29 is 39.2 Å². The highest BCUT2D eigenvalue weighted by Gasteiger charge is 2.53. The molecule has 0 N–H and O–H groups in total. The SMILES string of the molecule is O=C(c1ccc(F)c(C(F)(F)F)c1)N1CCC(CC[N+]23CCC(C4CCCCC4)(CC2)CC3)(c2ccc(Cl)c(Cl)c2)C1.[Cl-]. The minimum absolute atomic E-state index is 0. The highest BCUT2D eigenvalue weighted by Crippen LogP contribution is 2.54. The second kappa shape index (κ2) is 12.3. The molecule has 5 fully saturated rings. The lowest BCUT2D eigenvalue weighted by Gasteiger charge is -2.58. The summed E-state index contributed by atoms with van der Waals surface area (Å²) in [5.74, 6) is -1.01. The van der Waals surface area contributed by atoms with Crippen molar-refractivity contribution in [2.24, 2.45) is 11.3 Å². The molecular formula is C33H39Cl3F4N2O. The van der Waals surface area contributed by atoms with Crippen LogP contribution in [0.1, 0.15) is 85.7 Å². The number of nitrogens with zero attached hydrogens (tertiary/aromatic N) is 2. The molecule has 4 saturated heterocycles. The van der Waals surface area contributed by atoms with Gasteiger partial charge in [0.15, 0.2) is 0 Å². The molecule has 1 atom stereocenters. The molecular weight excluding hydrogens is 623 g/mol. The zero-order chi connectivity index (χ0) is 29.8. The van der Waals surface area contributed by atoms with Gasteiger partial charge in [-0.05, 0) is 66.5 Å². The van der Waals surface area contributed by atoms with Gasteiger partial charge in [-0.1, -0.05) is 48.5 Å². The van der Waals surface area contributed by atoms with Crippen LogP contribution in [0.3, 0.4) is 0 Å². The van der Waals surface area contributed by atoms with Crippen molar-refractivity contribution in [3.05, 3.63) is 69.0 Å². The van der Waals surface area contributed by atoms with E-state index in [1.807, 2.05) is 12.1 Å². The fourth-order valence-electron chi connectivity index (χ4n) is 8.72. The maximum absolute atomic E-state index is 13.9. The highest BCUT2D eigenvalue weighted by atomic mass is 35.5. The number of benzene rings is 2. The molecule has 7 rings (SSSR count). The van der Waals surface area contributed by atoms with Crippen molar-refractivity contribution in [2.45, 2.75) is 75.8 Å². The average molecular weight is 662 g/mol. The first-order chi connectivity index (χ1) is 19.9. The van der Waals surface area contributed by atoms with Crippen LogP contribution >= 0.6 is 23.2 Å². The van der Waals surface area contributed by atoms with Gasteiger partial charge in [-0.3, -0.25) is 4.79 Å². The number of hydrogen-bond donors (Lipinski definition) is 0. The number of piperidine rings is 3. The van der Waals surface area contributed by atoms with E-state index in [4.69, 9.17) is 23.2 Å². The summed E-state index contributed by atoms with van der Waals surface area (Å²) in [7, 11) is 0. The van der Waals surface area contributed by atoms with Crippen molar-refractivity contribution >= 4 is 29.1 Å². The summed E-state index contributed by atoms with van der Waals surface area (Å²) in [6, 6.07) is 8.16. The summed E-state index contributed by atoms with van der Waals surface area (Å²) in [4.78, 5) is 15.1. The number of carbonyl (C=O) groups is 1. The smallest absolute Gasteiger partial charge is 0.419 e. The normalized spacial score (nSPS) is 29.5. The van der Waals surface area contributed by atoms with Gasteiger partial charge in [0.05, 0.1) is 41.8 Å². The summed E-state index contributed by atoms with van der Waals surface area (Å²) in [5, 5.41) is 0.910. The Labute approximate surface area is 267 Å². The van der Waals surface area contributed by atoms with Gasteiger partial charge >= 0.3 is 6.18 Å². The number of amides is 1. The van der Waals surface area contributed by atoms with Gasteiger partial charge in [0, 0.05) is 49.8 Å². The van der Waals surface area contributed by atoms with E-state index < -0.39 is 23.5 Å². The van der Waals surface area contributed by atoms with Crippen LogP contribution in [0.4, 0.5) is 17.6 Å². The average Bonchev–Trinajstić information content (AvgIpc) is 3.44. The van der Waals surface area contributed by atoms with Crippen LogP contribution in [0.5, 0.6) is 0 Å². The second-order valence-electron chi connectivity index (χ2n) is 13.5. The zero-order valence-corrected chi connectivity index (χ0v) is 26.6. The summed E-state index contributed by atoms with van der Waals surface area (Å²) in [6.45, 7) is 5.38. The van der Waals surface area contributed by atoms with Crippen molar-refractivity contribution in [3.63, 3.8) is 0 Å². The van der Waals surface area contributed by atoms with Crippen LogP contribution in [-0.2, 0) is 11.6 Å². The largest absolute Gasteiger partial charge is 1.00 e. The molecule has 1 aliphatic carbocycles. The third-order valence-electron chi connectivity index (χ3n) is 11.5. The number of hydrogen-bond acceptors (Lipinski definition) is 1. The molecule has 0 spiro atoms. The fraction of sp³-hybridized carbons (Fsp3) is 0.606. The van der Waals surface area contributed by atoms with E-state index in [9.17, 15) is 22.4 Å². The van der Waals surface area contributed by atoms with Gasteiger partial charge < -0.3 is 21.8 Å². The van der Waals surface area contributed by atoms with Crippen LogP contribution in [-0.4, -0.2) is 54.6 Å². The topological polar surface area (TPSA) is 20.3 Å². The van der Waals surface area contributed by atoms with Crippen LogP contribution in [0.2, 0.25) is 10.0 Å². The van der Waals surface area contributed by atoms with Crippen molar-refractivity contribution in [1.82, 2.24) is 4.90 Å². The molecule has 2 aromatic rings. The molecule has 5 aliphatic rings. The molecule has 2 aromatic carbocycles. The Bertz CT molecular complexity index is 1320. The first-order valence-corrected chi connectivity index (χ1v) is 16.2. The van der Waals surface area contributed by atoms with E-state index in [2.05, 4.69) is 0 Å². The van der Waals surface area contributed by atoms with Crippen LogP contribution < -0.4 is 12.4 Å². The Kier molecular flexibility index (Phi) is 9.42. The molecule has 1 amide bonds. The van der Waals surface area contributed by atoms with Gasteiger partial charge in [-0.2, -0.15) is 13.2 Å². The molecule has 10 heteroatoms. The van der Waals surface area contributed by atoms with Gasteiger partial charge in [-0.15, -0.1) is 0 Å². The lowest BCUT2D eigenvalue weighted by Crippen LogP contribution is -3.00. The quantitative estimate of drug-likeness (QED) is 0.279. The number of rotatable bonds is 6. The summed E-state index contributed by atoms with van der Waals surface area (Å²) >= 11 is 12.7. The summed E-state index contributed by atoms with van der Waals surface area (Å²) in [5.41, 5.74) is -0.423. The van der Waals surface area contributed by atoms with Crippen LogP contribution in [0.15, 0.2) is 36.4 Å². The molecule has 1 saturated carbocycles. The molecule has 2 bridgehead atoms. The van der Waals surface area contributed by atoms with Gasteiger partial charge in [0.25, 0.3) is 5.91 Å². The Morgan fingerprint density at radius 3 is 2.23 bits per heavy atom. The Balaban J connectivity index is 0.00000368. The van der Waals surface area contributed by atoms with E-state index >= 15 is 0 Å². The van der Waals surface area contributed by atoms with Crippen molar-refractivity contribution in [2.75, 3.05) is 39.3 Å². The molecule has 3 nitrogen and oxygen atoms in total. The minimum atomic E-state index is -4.87. The summed E-state index contributed by atoms with van der Waals surface area (Å²) < 4.78 is 55.2. The predicted molar refractivity (Wildman–Crippen MR) is 157 cm³/mol. The second-order valence-corrected chi connectivity index (χ2v) is 14.3. The van der Waals surface area contributed by atoms with Gasteiger partial charge in [0.2, 0.25) is 0 Å². The van der Waals surface area contributed by atoms with Crippen LogP contribution in [0, 0.1) is 17.2 Å². The molecule has 1 unspecified atom stereocenters. The predicted octanol–water partition coefficient (Wildman–Crippen LogP) is 5.91. The molecule has 236 valence electrons. The van der Waals surface area contributed by atoms with Crippen LogP contribution in [0.25, 0.3) is 0 Å². The summed E-state index contributed by atoms with van der Waals surface area (Å²) in [6.07, 6.45) is 7.47. The minimum Gasteiger partial charge on any atom is -1.00 e. The third kappa shape index (κ3) is 6.30. The maximum atomic E-state index is 13.9. The number of halogens is 7. The molecule has 4 heterocycles. The number of likely N-dealkylation sites (tertiary alicyclic amines) is 1. The van der Waals surface area contributed by atoms with E-state index in [0.717, 1.165) is 41.1 Å². The van der Waals surface area contributed by atoms with Crippen molar-refractivity contribution in [3.8, 4) is 0 Å². The highest BCUT2D eigenvalue weighted by molar-refractivity contribution is 6.42. The molecule has 43 heavy (non-hydrogen) atoms. The fourth-order valence-corrected chi connectivity index (χ4v) is 9.02. The maximum Gasteiger partial charge on any atom is 0.419 e. The number of alkyl halides is 3. The Morgan fingerprint density at radius 2 is 1.60 bits per heavy atom. The van der Waals surface area contributed by atoms with Gasteiger partial charge in [0.1, 0.15) is 5.82 Å². The monoisotopic (exact) mass is 660 g/mol. The van der Waals surface area contributed by atoms with E-state index in [0.29, 0.717) is 41.0 Å². The molecule has 4 aliphatic heterocycles. The number of carbonyl (C=O) groups excluding carboxylic acids is 1. The Hall–Kier alpha value is -1.54. The number of quaternary nitrogens is 1. The Morgan fingerprint density at radius 1 is 0.930 bits per heavy atom. The number of fused-ring (bicyclic) bond motifs is 3. The third-order valence-corrected chi connectivity index (χ3v) is 12.2. The van der Waals surface area contributed by atoms with E-state index in [1.165, 1.54) is 71.0 Å².